The van der Waals surface area contributed by atoms with Gasteiger partial charge in [0.05, 0.1) is 0 Å². The van der Waals surface area contributed by atoms with Crippen LogP contribution in [0.5, 0.6) is 0 Å². The highest BCUT2D eigenvalue weighted by Gasteiger charge is 2.19. The van der Waals surface area contributed by atoms with Crippen LogP contribution in [0.4, 0.5) is 0 Å². The first-order chi connectivity index (χ1) is 5.72. The van der Waals surface area contributed by atoms with Crippen molar-refractivity contribution >= 4 is 11.7 Å². The summed E-state index contributed by atoms with van der Waals surface area (Å²) in [5.74, 6) is -0.226. The minimum Gasteiger partial charge on any atom is -0.351 e. The third kappa shape index (κ3) is 6.31. The van der Waals surface area contributed by atoms with E-state index in [9.17, 15) is 9.59 Å². The van der Waals surface area contributed by atoms with Crippen molar-refractivity contribution in [3.05, 3.63) is 0 Å². The molecule has 3 heteroatoms. The maximum atomic E-state index is 11.4. The fourth-order valence-corrected chi connectivity index (χ4v) is 1.02. The lowest BCUT2D eigenvalue weighted by atomic mass is 10.0. The molecular weight excluding hydrogens is 166 g/mol. The van der Waals surface area contributed by atoms with Crippen LogP contribution in [0, 0.1) is 5.92 Å². The average Bonchev–Trinajstić information content (AvgIpc) is 1.81. The molecule has 0 saturated carbocycles. The number of Topliss-reactive ketones (excluding diaryl/α,β-unsaturated/α-hetero) is 1. The summed E-state index contributed by atoms with van der Waals surface area (Å²) in [5, 5.41) is 2.83. The first-order valence-corrected chi connectivity index (χ1v) is 4.54. The lowest BCUT2D eigenvalue weighted by Crippen LogP contribution is -2.43. The van der Waals surface area contributed by atoms with Gasteiger partial charge in [0.25, 0.3) is 0 Å². The van der Waals surface area contributed by atoms with Crippen molar-refractivity contribution in [1.82, 2.24) is 5.32 Å². The van der Waals surface area contributed by atoms with Gasteiger partial charge in [0.2, 0.25) is 5.91 Å². The minimum atomic E-state index is -0.225. The Kier molecular flexibility index (Phi) is 4.11. The van der Waals surface area contributed by atoms with Gasteiger partial charge in [-0.1, -0.05) is 6.92 Å². The van der Waals surface area contributed by atoms with Crippen molar-refractivity contribution in [2.45, 2.75) is 46.6 Å². The van der Waals surface area contributed by atoms with Crippen LogP contribution in [0.1, 0.15) is 41.0 Å². The van der Waals surface area contributed by atoms with Gasteiger partial charge in [0.1, 0.15) is 5.78 Å². The Morgan fingerprint density at radius 2 is 1.77 bits per heavy atom. The van der Waals surface area contributed by atoms with E-state index >= 15 is 0 Å². The first-order valence-electron chi connectivity index (χ1n) is 4.54. The molecule has 1 amide bonds. The van der Waals surface area contributed by atoms with E-state index in [4.69, 9.17) is 0 Å². The number of nitrogens with one attached hydrogen (secondary N) is 1. The van der Waals surface area contributed by atoms with Gasteiger partial charge in [-0.05, 0) is 27.7 Å². The molecule has 0 saturated heterocycles. The molecule has 13 heavy (non-hydrogen) atoms. The van der Waals surface area contributed by atoms with E-state index in [1.807, 2.05) is 20.8 Å². The third-order valence-electron chi connectivity index (χ3n) is 1.54. The van der Waals surface area contributed by atoms with E-state index in [1.165, 1.54) is 6.92 Å². The topological polar surface area (TPSA) is 46.2 Å². The van der Waals surface area contributed by atoms with E-state index in [-0.39, 0.29) is 23.1 Å². The number of carbonyl (C=O) groups excluding carboxylic acids is 2. The Morgan fingerprint density at radius 3 is 2.08 bits per heavy atom. The van der Waals surface area contributed by atoms with Gasteiger partial charge in [-0.2, -0.15) is 0 Å². The molecule has 3 nitrogen and oxygen atoms in total. The van der Waals surface area contributed by atoms with Crippen LogP contribution in [0.2, 0.25) is 0 Å². The Hall–Kier alpha value is -0.860. The summed E-state index contributed by atoms with van der Waals surface area (Å²) in [4.78, 5) is 22.2. The van der Waals surface area contributed by atoms with Gasteiger partial charge < -0.3 is 10.1 Å². The average molecular weight is 185 g/mol. The SMILES string of the molecule is CC(=O)C[C@H](C)C(=O)NC(C)(C)C. The number of carbonyl (C=O) groups is 2. The molecule has 1 atom stereocenters. The summed E-state index contributed by atoms with van der Waals surface area (Å²) in [6.45, 7) is 9.03. The van der Waals surface area contributed by atoms with Crippen LogP contribution in [0.3, 0.4) is 0 Å². The van der Waals surface area contributed by atoms with Gasteiger partial charge >= 0.3 is 0 Å². The largest absolute Gasteiger partial charge is 0.351 e. The highest BCUT2D eigenvalue weighted by Crippen LogP contribution is 2.06. The molecule has 0 heterocycles. The zero-order valence-corrected chi connectivity index (χ0v) is 9.10. The predicted molar refractivity (Wildman–Crippen MR) is 52.4 cm³/mol. The zero-order valence-electron chi connectivity index (χ0n) is 9.10. The van der Waals surface area contributed by atoms with E-state index in [0.717, 1.165) is 0 Å². The summed E-state index contributed by atoms with van der Waals surface area (Å²) in [5.41, 5.74) is -0.220. The molecule has 0 aromatic rings. The van der Waals surface area contributed by atoms with Crippen molar-refractivity contribution in [2.75, 3.05) is 0 Å². The standard InChI is InChI=1S/C10H19NO2/c1-7(6-8(2)12)9(13)11-10(3,4)5/h7H,6H2,1-5H3,(H,11,13)/t7-/m0/s1. The molecule has 0 fully saturated rings. The van der Waals surface area contributed by atoms with Crippen molar-refractivity contribution < 1.29 is 9.59 Å². The molecule has 0 aromatic heterocycles. The molecular formula is C10H19NO2. The van der Waals surface area contributed by atoms with E-state index in [2.05, 4.69) is 5.32 Å². The molecule has 0 bridgehead atoms. The van der Waals surface area contributed by atoms with Gasteiger partial charge in [-0.3, -0.25) is 4.79 Å². The molecule has 76 valence electrons. The Morgan fingerprint density at radius 1 is 1.31 bits per heavy atom. The first kappa shape index (κ1) is 12.1. The monoisotopic (exact) mass is 185 g/mol. The van der Waals surface area contributed by atoms with Crippen molar-refractivity contribution in [3.8, 4) is 0 Å². The van der Waals surface area contributed by atoms with Crippen LogP contribution in [-0.2, 0) is 9.59 Å². The maximum Gasteiger partial charge on any atom is 0.223 e. The van der Waals surface area contributed by atoms with Gasteiger partial charge in [-0.15, -0.1) is 0 Å². The van der Waals surface area contributed by atoms with Crippen LogP contribution in [-0.4, -0.2) is 17.2 Å². The number of amides is 1. The summed E-state index contributed by atoms with van der Waals surface area (Å²) < 4.78 is 0. The van der Waals surface area contributed by atoms with E-state index in [0.29, 0.717) is 6.42 Å². The van der Waals surface area contributed by atoms with Crippen LogP contribution >= 0.6 is 0 Å². The second kappa shape index (κ2) is 4.40. The molecule has 0 aliphatic heterocycles. The number of hydrogen-bond acceptors (Lipinski definition) is 2. The van der Waals surface area contributed by atoms with E-state index in [1.54, 1.807) is 6.92 Å². The lowest BCUT2D eigenvalue weighted by Gasteiger charge is -2.22. The minimum absolute atomic E-state index is 0.0524. The molecule has 0 aliphatic carbocycles. The normalized spacial score (nSPS) is 13.6. The second-order valence-corrected chi connectivity index (χ2v) is 4.55. The van der Waals surface area contributed by atoms with Crippen LogP contribution < -0.4 is 5.32 Å². The van der Waals surface area contributed by atoms with Crippen molar-refractivity contribution in [2.24, 2.45) is 5.92 Å². The quantitative estimate of drug-likeness (QED) is 0.724. The molecule has 0 spiro atoms. The molecule has 1 N–H and O–H groups in total. The number of hydrogen-bond donors (Lipinski definition) is 1. The molecule has 0 radical (unpaired) electrons. The highest BCUT2D eigenvalue weighted by atomic mass is 16.2. The van der Waals surface area contributed by atoms with Crippen LogP contribution in [0.15, 0.2) is 0 Å². The fourth-order valence-electron chi connectivity index (χ4n) is 1.02. The molecule has 0 aliphatic rings. The molecule has 0 rings (SSSR count). The zero-order chi connectivity index (χ0) is 10.6. The van der Waals surface area contributed by atoms with Gasteiger partial charge in [0.15, 0.2) is 0 Å². The summed E-state index contributed by atoms with van der Waals surface area (Å²) in [6, 6.07) is 0. The Labute approximate surface area is 79.9 Å². The predicted octanol–water partition coefficient (Wildman–Crippen LogP) is 1.52. The van der Waals surface area contributed by atoms with E-state index < -0.39 is 0 Å². The van der Waals surface area contributed by atoms with Crippen LogP contribution in [0.25, 0.3) is 0 Å². The maximum absolute atomic E-state index is 11.4. The van der Waals surface area contributed by atoms with Crippen molar-refractivity contribution in [1.29, 1.82) is 0 Å². The second-order valence-electron chi connectivity index (χ2n) is 4.55. The number of ketones is 1. The van der Waals surface area contributed by atoms with Gasteiger partial charge in [-0.25, -0.2) is 0 Å². The van der Waals surface area contributed by atoms with Gasteiger partial charge in [0, 0.05) is 17.9 Å². The third-order valence-corrected chi connectivity index (χ3v) is 1.54. The summed E-state index contributed by atoms with van der Waals surface area (Å²) in [6.07, 6.45) is 0.321. The number of rotatable bonds is 3. The Bertz CT molecular complexity index is 203. The highest BCUT2D eigenvalue weighted by molar-refractivity contribution is 5.85. The molecule has 0 aromatic carbocycles. The lowest BCUT2D eigenvalue weighted by molar-refractivity contribution is -0.129. The van der Waals surface area contributed by atoms with Crippen molar-refractivity contribution in [3.63, 3.8) is 0 Å². The smallest absolute Gasteiger partial charge is 0.223 e. The fraction of sp³-hybridized carbons (Fsp3) is 0.800. The summed E-state index contributed by atoms with van der Waals surface area (Å²) >= 11 is 0. The Balaban J connectivity index is 4.05. The summed E-state index contributed by atoms with van der Waals surface area (Å²) in [7, 11) is 0. The molecule has 0 unspecified atom stereocenters.